The molecule has 1 atom stereocenters. The van der Waals surface area contributed by atoms with E-state index in [0.717, 1.165) is 0 Å². The van der Waals surface area contributed by atoms with Crippen LogP contribution >= 0.6 is 0 Å². The van der Waals surface area contributed by atoms with Crippen molar-refractivity contribution in [1.82, 2.24) is 0 Å². The van der Waals surface area contributed by atoms with E-state index >= 15 is 0 Å². The van der Waals surface area contributed by atoms with Gasteiger partial charge in [-0.2, -0.15) is 22.0 Å². The van der Waals surface area contributed by atoms with Crippen molar-refractivity contribution in [2.75, 3.05) is 6.67 Å². The molecule has 0 heterocycles. The summed E-state index contributed by atoms with van der Waals surface area (Å²) < 4.78 is 80.8. The van der Waals surface area contributed by atoms with Gasteiger partial charge in [0.05, 0.1) is 6.67 Å². The molecule has 0 spiro atoms. The fourth-order valence-electron chi connectivity index (χ4n) is 0.455. The van der Waals surface area contributed by atoms with E-state index in [9.17, 15) is 30.7 Å². The second-order valence-electron chi connectivity index (χ2n) is 2.07. The first-order valence-electron chi connectivity index (χ1n) is 2.88. The summed E-state index contributed by atoms with van der Waals surface area (Å²) in [4.78, 5) is 0. The molecule has 0 N–H and O–H groups in total. The fourth-order valence-corrected chi connectivity index (χ4v) is 0.455. The lowest BCUT2D eigenvalue weighted by atomic mass is 10.1. The molecule has 0 aromatic rings. The van der Waals surface area contributed by atoms with Crippen LogP contribution in [-0.2, 0) is 0 Å². The van der Waals surface area contributed by atoms with Crippen molar-refractivity contribution in [3.63, 3.8) is 0 Å². The first-order valence-corrected chi connectivity index (χ1v) is 2.88. The summed E-state index contributed by atoms with van der Waals surface area (Å²) in [7, 11) is 0. The van der Waals surface area contributed by atoms with Crippen LogP contribution in [-0.4, -0.2) is 24.9 Å². The van der Waals surface area contributed by atoms with Gasteiger partial charge in [-0.15, -0.1) is 0 Å². The number of hydrogen-bond acceptors (Lipinski definition) is 0. The van der Waals surface area contributed by atoms with Gasteiger partial charge < -0.3 is 0 Å². The quantitative estimate of drug-likeness (QED) is 0.611. The highest BCUT2D eigenvalue weighted by Gasteiger charge is 2.62. The largest absolute Gasteiger partial charge is 0.456 e. The molecule has 0 fully saturated rings. The Kier molecular flexibility index (Phi) is 3.34. The Morgan fingerprint density at radius 1 is 1.00 bits per heavy atom. The first kappa shape index (κ1) is 11.5. The number of alkyl halides is 7. The molecule has 1 unspecified atom stereocenters. The molecule has 0 saturated carbocycles. The average Bonchev–Trinajstić information content (AvgIpc) is 1.85. The van der Waals surface area contributed by atoms with E-state index in [1.807, 2.05) is 0 Å². The van der Waals surface area contributed by atoms with Crippen molar-refractivity contribution < 1.29 is 30.7 Å². The SMILES string of the molecule is FCCC(F)C(F)(F)C(F)(F)F. The minimum absolute atomic E-state index is 1.45. The van der Waals surface area contributed by atoms with Gasteiger partial charge in [0.25, 0.3) is 0 Å². The Labute approximate surface area is 63.4 Å². The highest BCUT2D eigenvalue weighted by atomic mass is 19.4. The van der Waals surface area contributed by atoms with Crippen molar-refractivity contribution in [3.8, 4) is 0 Å². The number of hydrogen-bond donors (Lipinski definition) is 0. The van der Waals surface area contributed by atoms with Crippen LogP contribution < -0.4 is 0 Å². The second kappa shape index (κ2) is 3.49. The predicted molar refractivity (Wildman–Crippen MR) is 26.5 cm³/mol. The Morgan fingerprint density at radius 2 is 1.42 bits per heavy atom. The van der Waals surface area contributed by atoms with Gasteiger partial charge in [-0.05, 0) is 0 Å². The zero-order chi connectivity index (χ0) is 9.99. The average molecular weight is 198 g/mol. The predicted octanol–water partition coefficient (Wildman–Crippen LogP) is 2.88. The third kappa shape index (κ3) is 2.25. The lowest BCUT2D eigenvalue weighted by Crippen LogP contribution is -2.45. The van der Waals surface area contributed by atoms with Gasteiger partial charge in [-0.1, -0.05) is 0 Å². The van der Waals surface area contributed by atoms with E-state index in [1.165, 1.54) is 0 Å². The second-order valence-corrected chi connectivity index (χ2v) is 2.07. The zero-order valence-electron chi connectivity index (χ0n) is 5.64. The fraction of sp³-hybridized carbons (Fsp3) is 1.00. The highest BCUT2D eigenvalue weighted by molar-refractivity contribution is 4.84. The molecule has 12 heavy (non-hydrogen) atoms. The number of halogens is 7. The van der Waals surface area contributed by atoms with Gasteiger partial charge in [-0.25, -0.2) is 4.39 Å². The minimum Gasteiger partial charge on any atom is -0.251 e. The summed E-state index contributed by atoms with van der Waals surface area (Å²) in [5, 5.41) is 0. The zero-order valence-corrected chi connectivity index (χ0v) is 5.64. The normalized spacial score (nSPS) is 16.2. The third-order valence-electron chi connectivity index (χ3n) is 1.13. The molecule has 0 saturated heterocycles. The molecule has 0 nitrogen and oxygen atoms in total. The molecule has 7 heteroatoms. The molecular weight excluding hydrogens is 193 g/mol. The summed E-state index contributed by atoms with van der Waals surface area (Å²) in [5.74, 6) is -5.46. The van der Waals surface area contributed by atoms with E-state index in [0.29, 0.717) is 0 Å². The first-order chi connectivity index (χ1) is 5.23. The van der Waals surface area contributed by atoms with E-state index in [1.54, 1.807) is 0 Å². The number of rotatable bonds is 3. The molecule has 0 aliphatic rings. The van der Waals surface area contributed by atoms with Crippen molar-refractivity contribution in [1.29, 1.82) is 0 Å². The van der Waals surface area contributed by atoms with Crippen LogP contribution in [0.25, 0.3) is 0 Å². The van der Waals surface area contributed by atoms with Gasteiger partial charge in [0.1, 0.15) is 0 Å². The summed E-state index contributed by atoms with van der Waals surface area (Å²) in [6.07, 6.45) is -10.9. The van der Waals surface area contributed by atoms with Crippen LogP contribution in [0.1, 0.15) is 6.42 Å². The van der Waals surface area contributed by atoms with E-state index < -0.39 is 31.4 Å². The Morgan fingerprint density at radius 3 is 1.67 bits per heavy atom. The molecule has 0 bridgehead atoms. The maximum Gasteiger partial charge on any atom is 0.456 e. The van der Waals surface area contributed by atoms with Gasteiger partial charge in [0.15, 0.2) is 6.17 Å². The van der Waals surface area contributed by atoms with Crippen molar-refractivity contribution in [3.05, 3.63) is 0 Å². The van der Waals surface area contributed by atoms with Crippen LogP contribution in [0, 0.1) is 0 Å². The molecule has 0 aromatic heterocycles. The monoisotopic (exact) mass is 198 g/mol. The molecule has 0 aliphatic heterocycles. The van der Waals surface area contributed by atoms with E-state index in [4.69, 9.17) is 0 Å². The van der Waals surface area contributed by atoms with Crippen LogP contribution in [0.4, 0.5) is 30.7 Å². The van der Waals surface area contributed by atoms with Gasteiger partial charge in [0.2, 0.25) is 0 Å². The minimum atomic E-state index is -5.96. The molecule has 0 rings (SSSR count). The standard InChI is InChI=1S/C5H5F7/c6-2-1-3(7)4(8,9)5(10,11)12/h3H,1-2H2. The summed E-state index contributed by atoms with van der Waals surface area (Å²) in [6.45, 7) is -1.55. The third-order valence-corrected chi connectivity index (χ3v) is 1.13. The highest BCUT2D eigenvalue weighted by Crippen LogP contribution is 2.40. The lowest BCUT2D eigenvalue weighted by molar-refractivity contribution is -0.303. The molecule has 0 amide bonds. The lowest BCUT2D eigenvalue weighted by Gasteiger charge is -2.22. The van der Waals surface area contributed by atoms with Crippen LogP contribution in [0.2, 0.25) is 0 Å². The van der Waals surface area contributed by atoms with Crippen LogP contribution in [0.15, 0.2) is 0 Å². The van der Waals surface area contributed by atoms with Crippen molar-refractivity contribution >= 4 is 0 Å². The Hall–Kier alpha value is -0.490. The molecule has 0 aromatic carbocycles. The van der Waals surface area contributed by atoms with Crippen LogP contribution in [0.5, 0.6) is 0 Å². The summed E-state index contributed by atoms with van der Waals surface area (Å²) in [5.41, 5.74) is 0. The maximum atomic E-state index is 12.0. The van der Waals surface area contributed by atoms with Crippen LogP contribution in [0.3, 0.4) is 0 Å². The Bertz CT molecular complexity index is 137. The van der Waals surface area contributed by atoms with Gasteiger partial charge in [0, 0.05) is 6.42 Å². The molecular formula is C5H5F7. The summed E-state index contributed by atoms with van der Waals surface area (Å²) in [6, 6.07) is 0. The summed E-state index contributed by atoms with van der Waals surface area (Å²) >= 11 is 0. The maximum absolute atomic E-state index is 12.0. The van der Waals surface area contributed by atoms with Gasteiger partial charge >= 0.3 is 12.1 Å². The van der Waals surface area contributed by atoms with E-state index in [-0.39, 0.29) is 0 Å². The van der Waals surface area contributed by atoms with Gasteiger partial charge in [-0.3, -0.25) is 4.39 Å². The molecule has 74 valence electrons. The molecule has 0 aliphatic carbocycles. The van der Waals surface area contributed by atoms with E-state index in [2.05, 4.69) is 0 Å². The molecule has 0 radical (unpaired) electrons. The smallest absolute Gasteiger partial charge is 0.251 e. The van der Waals surface area contributed by atoms with Crippen molar-refractivity contribution in [2.24, 2.45) is 0 Å². The Balaban J connectivity index is 4.38. The van der Waals surface area contributed by atoms with Crippen molar-refractivity contribution in [2.45, 2.75) is 24.7 Å². The topological polar surface area (TPSA) is 0 Å².